The van der Waals surface area contributed by atoms with Crippen molar-refractivity contribution in [2.45, 2.75) is 66.0 Å². The molecule has 0 spiro atoms. The van der Waals surface area contributed by atoms with Crippen molar-refractivity contribution in [1.29, 1.82) is 0 Å². The zero-order valence-electron chi connectivity index (χ0n) is 12.7. The molecule has 3 heteroatoms. The summed E-state index contributed by atoms with van der Waals surface area (Å²) in [5.74, 6) is 0. The second kappa shape index (κ2) is 5.38. The second-order valence-electron chi connectivity index (χ2n) is 7.68. The summed E-state index contributed by atoms with van der Waals surface area (Å²) >= 11 is 7.65. The van der Waals surface area contributed by atoms with Crippen LogP contribution < -0.4 is 5.32 Å². The average Bonchev–Trinajstić information content (AvgIpc) is 2.59. The second-order valence-corrected chi connectivity index (χ2v) is 9.23. The minimum absolute atomic E-state index is 0.387. The van der Waals surface area contributed by atoms with Crippen LogP contribution in [-0.2, 0) is 0 Å². The molecular formula is C16H26ClNS. The van der Waals surface area contributed by atoms with Crippen LogP contribution in [0.25, 0.3) is 0 Å². The van der Waals surface area contributed by atoms with Crippen LogP contribution >= 0.6 is 22.9 Å². The molecule has 1 aromatic heterocycles. The highest BCUT2D eigenvalue weighted by atomic mass is 35.5. The quantitative estimate of drug-likeness (QED) is 0.759. The van der Waals surface area contributed by atoms with Crippen LogP contribution in [-0.4, -0.2) is 6.04 Å². The first kappa shape index (κ1) is 15.3. The van der Waals surface area contributed by atoms with E-state index >= 15 is 0 Å². The summed E-state index contributed by atoms with van der Waals surface area (Å²) in [6.45, 7) is 11.8. The predicted octanol–water partition coefficient (Wildman–Crippen LogP) is 5.66. The van der Waals surface area contributed by atoms with E-state index in [-0.39, 0.29) is 0 Å². The third kappa shape index (κ3) is 4.21. The molecule has 1 nitrogen and oxygen atoms in total. The topological polar surface area (TPSA) is 12.0 Å². The molecule has 1 aliphatic rings. The molecule has 1 fully saturated rings. The lowest BCUT2D eigenvalue weighted by Gasteiger charge is -2.46. The third-order valence-electron chi connectivity index (χ3n) is 4.13. The molecule has 0 aromatic carbocycles. The fourth-order valence-electron chi connectivity index (χ4n) is 3.96. The molecule has 1 aromatic rings. The lowest BCUT2D eigenvalue weighted by Crippen LogP contribution is -2.44. The van der Waals surface area contributed by atoms with Gasteiger partial charge in [-0.3, -0.25) is 0 Å². The molecule has 0 amide bonds. The first-order chi connectivity index (χ1) is 8.67. The maximum absolute atomic E-state index is 6.03. The van der Waals surface area contributed by atoms with Gasteiger partial charge >= 0.3 is 0 Å². The first-order valence-electron chi connectivity index (χ1n) is 7.17. The van der Waals surface area contributed by atoms with Crippen molar-refractivity contribution >= 4 is 22.9 Å². The van der Waals surface area contributed by atoms with Crippen LogP contribution in [0.2, 0.25) is 4.34 Å². The standard InChI is InChI=1S/C16H26ClNS/c1-11(12-6-14(17)19-9-12)18-13-7-15(2,3)10-16(4,5)8-13/h6,9,11,13,18H,7-8,10H2,1-5H3. The predicted molar refractivity (Wildman–Crippen MR) is 86.1 cm³/mol. The summed E-state index contributed by atoms with van der Waals surface area (Å²) in [6.07, 6.45) is 3.84. The molecule has 1 unspecified atom stereocenters. The van der Waals surface area contributed by atoms with Gasteiger partial charge in [0, 0.05) is 12.1 Å². The number of hydrogen-bond donors (Lipinski definition) is 1. The van der Waals surface area contributed by atoms with E-state index in [1.165, 1.54) is 24.8 Å². The Kier molecular flexibility index (Phi) is 4.35. The van der Waals surface area contributed by atoms with Crippen molar-refractivity contribution in [3.63, 3.8) is 0 Å². The highest BCUT2D eigenvalue weighted by Crippen LogP contribution is 2.46. The molecule has 1 N–H and O–H groups in total. The molecule has 0 bridgehead atoms. The van der Waals surface area contributed by atoms with E-state index in [0.717, 1.165) is 4.34 Å². The number of halogens is 1. The lowest BCUT2D eigenvalue weighted by molar-refractivity contribution is 0.0811. The Hall–Kier alpha value is -0.0500. The van der Waals surface area contributed by atoms with Gasteiger partial charge in [0.25, 0.3) is 0 Å². The zero-order valence-corrected chi connectivity index (χ0v) is 14.3. The van der Waals surface area contributed by atoms with Crippen LogP contribution in [0.4, 0.5) is 0 Å². The van der Waals surface area contributed by atoms with Crippen LogP contribution in [0.3, 0.4) is 0 Å². The molecule has 1 saturated carbocycles. The van der Waals surface area contributed by atoms with Crippen molar-refractivity contribution in [3.8, 4) is 0 Å². The van der Waals surface area contributed by atoms with E-state index in [9.17, 15) is 0 Å². The van der Waals surface area contributed by atoms with E-state index in [4.69, 9.17) is 11.6 Å². The number of nitrogens with one attached hydrogen (secondary N) is 1. The van der Waals surface area contributed by atoms with Crippen LogP contribution in [0.1, 0.15) is 65.5 Å². The van der Waals surface area contributed by atoms with Crippen molar-refractivity contribution in [1.82, 2.24) is 5.32 Å². The average molecular weight is 300 g/mol. The summed E-state index contributed by atoms with van der Waals surface area (Å²) in [5.41, 5.74) is 2.19. The third-order valence-corrected chi connectivity index (χ3v) is 5.24. The molecule has 0 aliphatic heterocycles. The fraction of sp³-hybridized carbons (Fsp3) is 0.750. The largest absolute Gasteiger partial charge is 0.307 e. The summed E-state index contributed by atoms with van der Waals surface area (Å²) < 4.78 is 0.882. The highest BCUT2D eigenvalue weighted by molar-refractivity contribution is 7.14. The van der Waals surface area contributed by atoms with Gasteiger partial charge in [0.1, 0.15) is 0 Å². The maximum Gasteiger partial charge on any atom is 0.0931 e. The first-order valence-corrected chi connectivity index (χ1v) is 8.43. The van der Waals surface area contributed by atoms with E-state index < -0.39 is 0 Å². The molecule has 0 saturated heterocycles. The molecule has 0 radical (unpaired) electrons. The molecule has 1 atom stereocenters. The van der Waals surface area contributed by atoms with Crippen LogP contribution in [0.15, 0.2) is 11.4 Å². The van der Waals surface area contributed by atoms with Gasteiger partial charge < -0.3 is 5.32 Å². The van der Waals surface area contributed by atoms with E-state index in [0.29, 0.717) is 22.9 Å². The molecule has 2 rings (SSSR count). The SMILES string of the molecule is CC(NC1CC(C)(C)CC(C)(C)C1)c1csc(Cl)c1. The van der Waals surface area contributed by atoms with Crippen molar-refractivity contribution in [3.05, 3.63) is 21.3 Å². The Morgan fingerprint density at radius 1 is 1.26 bits per heavy atom. The Bertz CT molecular complexity index is 420. The van der Waals surface area contributed by atoms with Crippen LogP contribution in [0.5, 0.6) is 0 Å². The minimum atomic E-state index is 0.387. The van der Waals surface area contributed by atoms with Gasteiger partial charge in [-0.25, -0.2) is 0 Å². The summed E-state index contributed by atoms with van der Waals surface area (Å²) in [4.78, 5) is 0. The van der Waals surface area contributed by atoms with E-state index in [1.807, 2.05) is 0 Å². The minimum Gasteiger partial charge on any atom is -0.307 e. The van der Waals surface area contributed by atoms with Crippen molar-refractivity contribution in [2.24, 2.45) is 10.8 Å². The molecule has 108 valence electrons. The van der Waals surface area contributed by atoms with Gasteiger partial charge in [0.15, 0.2) is 0 Å². The van der Waals surface area contributed by atoms with Crippen LogP contribution in [0, 0.1) is 10.8 Å². The van der Waals surface area contributed by atoms with E-state index in [1.54, 1.807) is 11.3 Å². The Morgan fingerprint density at radius 2 is 1.84 bits per heavy atom. The molecule has 1 aliphatic carbocycles. The van der Waals surface area contributed by atoms with Crippen molar-refractivity contribution < 1.29 is 0 Å². The Labute approximate surface area is 126 Å². The van der Waals surface area contributed by atoms with Gasteiger partial charge in [0.2, 0.25) is 0 Å². The Balaban J connectivity index is 2.02. The molecule has 1 heterocycles. The summed E-state index contributed by atoms with van der Waals surface area (Å²) in [7, 11) is 0. The number of rotatable bonds is 3. The van der Waals surface area contributed by atoms with Gasteiger partial charge in [-0.15, -0.1) is 11.3 Å². The van der Waals surface area contributed by atoms with E-state index in [2.05, 4.69) is 51.4 Å². The molecular weight excluding hydrogens is 274 g/mol. The number of thiophene rings is 1. The van der Waals surface area contributed by atoms with Gasteiger partial charge in [-0.2, -0.15) is 0 Å². The monoisotopic (exact) mass is 299 g/mol. The van der Waals surface area contributed by atoms with Gasteiger partial charge in [0.05, 0.1) is 4.34 Å². The maximum atomic E-state index is 6.03. The number of hydrogen-bond acceptors (Lipinski definition) is 2. The Morgan fingerprint density at radius 3 is 2.32 bits per heavy atom. The summed E-state index contributed by atoms with van der Waals surface area (Å²) in [5, 5.41) is 5.97. The summed E-state index contributed by atoms with van der Waals surface area (Å²) in [6, 6.07) is 3.08. The molecule has 19 heavy (non-hydrogen) atoms. The van der Waals surface area contributed by atoms with Gasteiger partial charge in [-0.1, -0.05) is 39.3 Å². The normalized spacial score (nSPS) is 24.3. The van der Waals surface area contributed by atoms with Crippen molar-refractivity contribution in [2.75, 3.05) is 0 Å². The van der Waals surface area contributed by atoms with Gasteiger partial charge in [-0.05, 0) is 54.0 Å². The zero-order chi connectivity index (χ0) is 14.3. The highest BCUT2D eigenvalue weighted by Gasteiger charge is 2.38. The fourth-order valence-corrected chi connectivity index (χ4v) is 4.95. The lowest BCUT2D eigenvalue weighted by atomic mass is 9.63. The smallest absolute Gasteiger partial charge is 0.0931 e.